The Hall–Kier alpha value is -1.85. The highest BCUT2D eigenvalue weighted by atomic mass is 16.5. The largest absolute Gasteiger partial charge is 0.481 e. The minimum absolute atomic E-state index is 0.0608. The highest BCUT2D eigenvalue weighted by molar-refractivity contribution is 5.67. The van der Waals surface area contributed by atoms with Crippen LogP contribution in [-0.2, 0) is 4.79 Å². The van der Waals surface area contributed by atoms with Crippen LogP contribution in [-0.4, -0.2) is 40.2 Å². The Morgan fingerprint density at radius 3 is 2.89 bits per heavy atom. The van der Waals surface area contributed by atoms with Crippen LogP contribution in [0.3, 0.4) is 0 Å². The Balaban J connectivity index is 1.93. The smallest absolute Gasteiger partial charge is 0.303 e. The minimum Gasteiger partial charge on any atom is -0.481 e. The van der Waals surface area contributed by atoms with E-state index in [4.69, 9.17) is 9.84 Å². The van der Waals surface area contributed by atoms with Crippen LogP contribution in [0.4, 0.5) is 5.82 Å². The summed E-state index contributed by atoms with van der Waals surface area (Å²) in [5.41, 5.74) is 0. The lowest BCUT2D eigenvalue weighted by atomic mass is 9.97. The molecule has 2 heterocycles. The Labute approximate surface area is 106 Å². The fourth-order valence-electron chi connectivity index (χ4n) is 1.92. The normalized spacial score (nSPS) is 15.6. The third kappa shape index (κ3) is 3.09. The van der Waals surface area contributed by atoms with Gasteiger partial charge in [-0.15, -0.1) is 0 Å². The zero-order chi connectivity index (χ0) is 13.1. The minimum atomic E-state index is -0.748. The Morgan fingerprint density at radius 1 is 1.56 bits per heavy atom. The summed E-state index contributed by atoms with van der Waals surface area (Å²) in [4.78, 5) is 21.0. The van der Waals surface area contributed by atoms with Crippen molar-refractivity contribution in [2.75, 3.05) is 18.0 Å². The SMILES string of the molecule is CC(C)Oc1cncc(N2CC(CC(=O)O)C2)n1. The van der Waals surface area contributed by atoms with Gasteiger partial charge in [-0.25, -0.2) is 0 Å². The molecule has 1 fully saturated rings. The Kier molecular flexibility index (Phi) is 3.64. The van der Waals surface area contributed by atoms with Gasteiger partial charge < -0.3 is 14.7 Å². The van der Waals surface area contributed by atoms with E-state index < -0.39 is 5.97 Å². The van der Waals surface area contributed by atoms with E-state index in [1.807, 2.05) is 18.7 Å². The molecule has 1 N–H and O–H groups in total. The molecule has 1 aliphatic rings. The monoisotopic (exact) mass is 251 g/mol. The van der Waals surface area contributed by atoms with Gasteiger partial charge in [-0.2, -0.15) is 4.98 Å². The van der Waals surface area contributed by atoms with Crippen molar-refractivity contribution in [3.8, 4) is 5.88 Å². The number of nitrogens with zero attached hydrogens (tertiary/aromatic N) is 3. The summed E-state index contributed by atoms with van der Waals surface area (Å²) >= 11 is 0. The van der Waals surface area contributed by atoms with Crippen molar-refractivity contribution in [1.82, 2.24) is 9.97 Å². The van der Waals surface area contributed by atoms with Gasteiger partial charge in [-0.3, -0.25) is 9.78 Å². The molecule has 0 unspecified atom stereocenters. The van der Waals surface area contributed by atoms with Crippen molar-refractivity contribution >= 4 is 11.8 Å². The third-order valence-electron chi connectivity index (χ3n) is 2.70. The van der Waals surface area contributed by atoms with E-state index in [0.717, 1.165) is 5.82 Å². The molecule has 0 aliphatic carbocycles. The van der Waals surface area contributed by atoms with E-state index in [1.54, 1.807) is 12.4 Å². The zero-order valence-corrected chi connectivity index (χ0v) is 10.5. The van der Waals surface area contributed by atoms with Crippen LogP contribution in [0.1, 0.15) is 20.3 Å². The van der Waals surface area contributed by atoms with Crippen molar-refractivity contribution in [3.05, 3.63) is 12.4 Å². The molecule has 1 aliphatic heterocycles. The van der Waals surface area contributed by atoms with Gasteiger partial charge in [0.15, 0.2) is 5.82 Å². The van der Waals surface area contributed by atoms with Crippen LogP contribution < -0.4 is 9.64 Å². The highest BCUT2D eigenvalue weighted by Gasteiger charge is 2.29. The molecule has 0 aromatic carbocycles. The van der Waals surface area contributed by atoms with E-state index in [0.29, 0.717) is 19.0 Å². The van der Waals surface area contributed by atoms with Gasteiger partial charge in [0, 0.05) is 19.0 Å². The average Bonchev–Trinajstić information content (AvgIpc) is 2.22. The third-order valence-corrected chi connectivity index (χ3v) is 2.70. The summed E-state index contributed by atoms with van der Waals surface area (Å²) in [6.07, 6.45) is 3.53. The van der Waals surface area contributed by atoms with Gasteiger partial charge in [0.25, 0.3) is 0 Å². The molecule has 0 amide bonds. The lowest BCUT2D eigenvalue weighted by molar-refractivity contribution is -0.138. The van der Waals surface area contributed by atoms with Gasteiger partial charge in [0.2, 0.25) is 5.88 Å². The first-order valence-electron chi connectivity index (χ1n) is 6.00. The van der Waals surface area contributed by atoms with Crippen molar-refractivity contribution in [2.45, 2.75) is 26.4 Å². The lowest BCUT2D eigenvalue weighted by Gasteiger charge is -2.39. The van der Waals surface area contributed by atoms with Crippen LogP contribution in [0.15, 0.2) is 12.4 Å². The molecule has 1 aromatic rings. The molecular weight excluding hydrogens is 234 g/mol. The maximum absolute atomic E-state index is 10.6. The highest BCUT2D eigenvalue weighted by Crippen LogP contribution is 2.25. The first-order chi connectivity index (χ1) is 8.54. The molecule has 0 radical (unpaired) electrons. The second kappa shape index (κ2) is 5.20. The topological polar surface area (TPSA) is 75.5 Å². The standard InChI is InChI=1S/C12H17N3O3/c1-8(2)18-11-5-13-4-10(14-11)15-6-9(7-15)3-12(16)17/h4-5,8-9H,3,6-7H2,1-2H3,(H,16,17). The molecule has 0 saturated carbocycles. The van der Waals surface area contributed by atoms with E-state index >= 15 is 0 Å². The van der Waals surface area contributed by atoms with Gasteiger partial charge in [-0.1, -0.05) is 0 Å². The van der Waals surface area contributed by atoms with Crippen LogP contribution in [0, 0.1) is 5.92 Å². The van der Waals surface area contributed by atoms with Gasteiger partial charge in [-0.05, 0) is 13.8 Å². The molecule has 18 heavy (non-hydrogen) atoms. The van der Waals surface area contributed by atoms with E-state index in [2.05, 4.69) is 9.97 Å². The zero-order valence-electron chi connectivity index (χ0n) is 10.5. The summed E-state index contributed by atoms with van der Waals surface area (Å²) < 4.78 is 5.47. The second-order valence-electron chi connectivity index (χ2n) is 4.75. The van der Waals surface area contributed by atoms with Crippen molar-refractivity contribution < 1.29 is 14.6 Å². The first kappa shape index (κ1) is 12.6. The number of rotatable bonds is 5. The van der Waals surface area contributed by atoms with Crippen molar-refractivity contribution in [3.63, 3.8) is 0 Å². The average molecular weight is 251 g/mol. The number of ether oxygens (including phenoxy) is 1. The maximum atomic E-state index is 10.6. The summed E-state index contributed by atoms with van der Waals surface area (Å²) in [5.74, 6) is 0.709. The predicted octanol–water partition coefficient (Wildman–Crippen LogP) is 1.17. The fraction of sp³-hybridized carbons (Fsp3) is 0.583. The molecule has 1 aromatic heterocycles. The van der Waals surface area contributed by atoms with Gasteiger partial charge in [0.1, 0.15) is 0 Å². The van der Waals surface area contributed by atoms with E-state index in [-0.39, 0.29) is 18.4 Å². The number of aliphatic carboxylic acids is 1. The quantitative estimate of drug-likeness (QED) is 0.846. The molecule has 6 heteroatoms. The number of hydrogen-bond donors (Lipinski definition) is 1. The molecule has 2 rings (SSSR count). The van der Waals surface area contributed by atoms with Gasteiger partial charge >= 0.3 is 5.97 Å². The molecular formula is C12H17N3O3. The van der Waals surface area contributed by atoms with Crippen molar-refractivity contribution in [1.29, 1.82) is 0 Å². The molecule has 0 spiro atoms. The van der Waals surface area contributed by atoms with E-state index in [1.165, 1.54) is 0 Å². The predicted molar refractivity (Wildman–Crippen MR) is 65.8 cm³/mol. The second-order valence-corrected chi connectivity index (χ2v) is 4.75. The number of carboxylic acids is 1. The summed E-state index contributed by atoms with van der Waals surface area (Å²) in [7, 11) is 0. The molecule has 1 saturated heterocycles. The van der Waals surface area contributed by atoms with Crippen LogP contribution in [0.25, 0.3) is 0 Å². The maximum Gasteiger partial charge on any atom is 0.303 e. The van der Waals surface area contributed by atoms with Crippen LogP contribution in [0.2, 0.25) is 0 Å². The Bertz CT molecular complexity index is 430. The van der Waals surface area contributed by atoms with E-state index in [9.17, 15) is 4.79 Å². The fourth-order valence-corrected chi connectivity index (χ4v) is 1.92. The van der Waals surface area contributed by atoms with Crippen molar-refractivity contribution in [2.24, 2.45) is 5.92 Å². The Morgan fingerprint density at radius 2 is 2.28 bits per heavy atom. The number of carbonyl (C=O) groups is 1. The summed E-state index contributed by atoms with van der Waals surface area (Å²) in [5, 5.41) is 8.68. The molecule has 0 bridgehead atoms. The molecule has 0 atom stereocenters. The number of carboxylic acid groups (broad SMARTS) is 1. The summed E-state index contributed by atoms with van der Waals surface area (Å²) in [6, 6.07) is 0. The van der Waals surface area contributed by atoms with Crippen LogP contribution >= 0.6 is 0 Å². The number of aromatic nitrogens is 2. The number of anilines is 1. The number of hydrogen-bond acceptors (Lipinski definition) is 5. The molecule has 6 nitrogen and oxygen atoms in total. The van der Waals surface area contributed by atoms with Gasteiger partial charge in [0.05, 0.1) is 24.9 Å². The molecule has 98 valence electrons. The first-order valence-corrected chi connectivity index (χ1v) is 6.00. The summed E-state index contributed by atoms with van der Waals surface area (Å²) in [6.45, 7) is 5.29. The lowest BCUT2D eigenvalue weighted by Crippen LogP contribution is -2.48. The van der Waals surface area contributed by atoms with Crippen LogP contribution in [0.5, 0.6) is 5.88 Å².